The first-order valence-corrected chi connectivity index (χ1v) is 13.6. The van der Waals surface area contributed by atoms with Crippen LogP contribution in [0.4, 0.5) is 11.4 Å². The Morgan fingerprint density at radius 3 is 2.37 bits per heavy atom. The van der Waals surface area contributed by atoms with E-state index in [-0.39, 0.29) is 17.5 Å². The van der Waals surface area contributed by atoms with E-state index < -0.39 is 6.04 Å². The summed E-state index contributed by atoms with van der Waals surface area (Å²) in [5.41, 5.74) is 5.21. The Balaban J connectivity index is 1.59. The Hall–Kier alpha value is -3.65. The molecule has 1 aliphatic carbocycles. The van der Waals surface area contributed by atoms with Gasteiger partial charge < -0.3 is 30.0 Å². The SMILES string of the molecule is CCOc1ccc([C@H]2CC(=O)C3=C(C2)Nc2ccccc2N[C@@H]3c2cc(Br)c(O)c(OCC)c2)cc1OC. The minimum atomic E-state index is -0.430. The zero-order valence-corrected chi connectivity index (χ0v) is 23.2. The van der Waals surface area contributed by atoms with Gasteiger partial charge in [0.2, 0.25) is 0 Å². The number of ether oxygens (including phenoxy) is 3. The van der Waals surface area contributed by atoms with Gasteiger partial charge in [-0.05, 0) is 89.6 Å². The minimum absolute atomic E-state index is 0.0187. The zero-order chi connectivity index (χ0) is 26.8. The van der Waals surface area contributed by atoms with Crippen LogP contribution in [-0.4, -0.2) is 31.2 Å². The second-order valence-corrected chi connectivity index (χ2v) is 10.1. The van der Waals surface area contributed by atoms with Crippen LogP contribution in [0.5, 0.6) is 23.0 Å². The van der Waals surface area contributed by atoms with E-state index in [4.69, 9.17) is 14.2 Å². The van der Waals surface area contributed by atoms with Crippen LogP contribution < -0.4 is 24.8 Å². The number of allylic oxidation sites excluding steroid dienone is 1. The number of benzene rings is 3. The van der Waals surface area contributed by atoms with Gasteiger partial charge in [-0.25, -0.2) is 0 Å². The second kappa shape index (κ2) is 11.0. The van der Waals surface area contributed by atoms with Gasteiger partial charge >= 0.3 is 0 Å². The second-order valence-electron chi connectivity index (χ2n) is 9.29. The number of Topliss-reactive ketones (excluding diaryl/α,β-unsaturated/α-hetero) is 1. The predicted molar refractivity (Wildman–Crippen MR) is 152 cm³/mol. The number of nitrogens with one attached hydrogen (secondary N) is 2. The zero-order valence-electron chi connectivity index (χ0n) is 21.6. The lowest BCUT2D eigenvalue weighted by molar-refractivity contribution is -0.116. The number of carbonyl (C=O) groups excluding carboxylic acids is 1. The number of hydrogen-bond acceptors (Lipinski definition) is 7. The molecule has 7 nitrogen and oxygen atoms in total. The minimum Gasteiger partial charge on any atom is -0.503 e. The molecule has 0 bridgehead atoms. The number of fused-ring (bicyclic) bond motifs is 1. The molecular weight excluding hydrogens is 548 g/mol. The van der Waals surface area contributed by atoms with Gasteiger partial charge in [-0.1, -0.05) is 18.2 Å². The van der Waals surface area contributed by atoms with Gasteiger partial charge in [-0.15, -0.1) is 0 Å². The molecule has 0 saturated heterocycles. The monoisotopic (exact) mass is 578 g/mol. The molecule has 8 heteroatoms. The molecule has 3 aromatic rings. The third-order valence-electron chi connectivity index (χ3n) is 6.95. The van der Waals surface area contributed by atoms with Crippen LogP contribution in [0.15, 0.2) is 70.3 Å². The van der Waals surface area contributed by atoms with Crippen molar-refractivity contribution in [3.8, 4) is 23.0 Å². The highest BCUT2D eigenvalue weighted by Gasteiger charge is 2.36. The van der Waals surface area contributed by atoms with Crippen LogP contribution >= 0.6 is 15.9 Å². The fourth-order valence-corrected chi connectivity index (χ4v) is 5.68. The van der Waals surface area contributed by atoms with Crippen LogP contribution in [0.2, 0.25) is 0 Å². The number of halogens is 1. The number of phenols is 1. The Labute approximate surface area is 230 Å². The lowest BCUT2D eigenvalue weighted by Gasteiger charge is -2.30. The van der Waals surface area contributed by atoms with E-state index in [2.05, 4.69) is 26.6 Å². The molecule has 38 heavy (non-hydrogen) atoms. The van der Waals surface area contributed by atoms with Crippen LogP contribution in [0.1, 0.15) is 49.8 Å². The molecule has 0 spiro atoms. The van der Waals surface area contributed by atoms with Crippen molar-refractivity contribution in [1.29, 1.82) is 0 Å². The van der Waals surface area contributed by atoms with Crippen molar-refractivity contribution in [2.24, 2.45) is 0 Å². The number of rotatable bonds is 7. The number of para-hydroxylation sites is 2. The standard InChI is InChI=1S/C30H31BrN2O5/c1-4-37-25-11-10-17(15-26(25)36-3)18-13-23-28(24(34)14-18)29(33-22-9-7-6-8-21(22)32-23)19-12-20(31)30(35)27(16-19)38-5-2/h6-12,15-16,18,29,32-33,35H,4-5,13-14H2,1-3H3/t18-,29-/m1/s1. The van der Waals surface area contributed by atoms with Crippen molar-refractivity contribution in [3.05, 3.63) is 81.5 Å². The Morgan fingerprint density at radius 1 is 0.921 bits per heavy atom. The summed E-state index contributed by atoms with van der Waals surface area (Å²) < 4.78 is 17.5. The molecule has 3 aromatic carbocycles. The summed E-state index contributed by atoms with van der Waals surface area (Å²) in [7, 11) is 1.63. The van der Waals surface area contributed by atoms with Crippen LogP contribution in [0.3, 0.4) is 0 Å². The first-order chi connectivity index (χ1) is 18.4. The first-order valence-electron chi connectivity index (χ1n) is 12.8. The van der Waals surface area contributed by atoms with Gasteiger partial charge in [-0.3, -0.25) is 4.79 Å². The number of hydrogen-bond donors (Lipinski definition) is 3. The average molecular weight is 579 g/mol. The van der Waals surface area contributed by atoms with Crippen molar-refractivity contribution in [1.82, 2.24) is 0 Å². The smallest absolute Gasteiger partial charge is 0.172 e. The molecular formula is C30H31BrN2O5. The molecule has 2 atom stereocenters. The lowest BCUT2D eigenvalue weighted by atomic mass is 9.78. The number of phenolic OH excluding ortho intramolecular Hbond substituents is 1. The number of carbonyl (C=O) groups is 1. The average Bonchev–Trinajstić information content (AvgIpc) is 3.08. The Bertz CT molecular complexity index is 1400. The van der Waals surface area contributed by atoms with Crippen molar-refractivity contribution in [2.75, 3.05) is 31.0 Å². The highest BCUT2D eigenvalue weighted by molar-refractivity contribution is 9.10. The number of aromatic hydroxyl groups is 1. The third-order valence-corrected chi connectivity index (χ3v) is 7.56. The third kappa shape index (κ3) is 4.92. The maximum absolute atomic E-state index is 13.9. The summed E-state index contributed by atoms with van der Waals surface area (Å²) in [6.07, 6.45) is 1.02. The Kier molecular flexibility index (Phi) is 7.51. The van der Waals surface area contributed by atoms with E-state index in [9.17, 15) is 9.90 Å². The highest BCUT2D eigenvalue weighted by atomic mass is 79.9. The van der Waals surface area contributed by atoms with E-state index in [0.717, 1.165) is 28.2 Å². The lowest BCUT2D eigenvalue weighted by Crippen LogP contribution is -2.27. The van der Waals surface area contributed by atoms with Crippen LogP contribution in [-0.2, 0) is 4.79 Å². The molecule has 2 aliphatic rings. The molecule has 0 amide bonds. The molecule has 0 unspecified atom stereocenters. The van der Waals surface area contributed by atoms with Gasteiger partial charge in [-0.2, -0.15) is 0 Å². The maximum Gasteiger partial charge on any atom is 0.172 e. The largest absolute Gasteiger partial charge is 0.503 e. The molecule has 0 fully saturated rings. The molecule has 1 aliphatic heterocycles. The van der Waals surface area contributed by atoms with E-state index in [1.807, 2.05) is 62.4 Å². The van der Waals surface area contributed by atoms with Gasteiger partial charge in [0, 0.05) is 17.7 Å². The first kappa shape index (κ1) is 26.0. The molecule has 0 aromatic heterocycles. The van der Waals surface area contributed by atoms with Crippen molar-refractivity contribution < 1.29 is 24.1 Å². The van der Waals surface area contributed by atoms with Crippen LogP contribution in [0, 0.1) is 0 Å². The number of ketones is 1. The van der Waals surface area contributed by atoms with E-state index in [0.29, 0.717) is 53.3 Å². The summed E-state index contributed by atoms with van der Waals surface area (Å²) in [6.45, 7) is 4.76. The van der Waals surface area contributed by atoms with Crippen molar-refractivity contribution in [3.63, 3.8) is 0 Å². The topological polar surface area (TPSA) is 89.1 Å². The van der Waals surface area contributed by atoms with Crippen molar-refractivity contribution >= 4 is 33.1 Å². The predicted octanol–water partition coefficient (Wildman–Crippen LogP) is 6.94. The summed E-state index contributed by atoms with van der Waals surface area (Å²) in [4.78, 5) is 13.9. The van der Waals surface area contributed by atoms with Crippen molar-refractivity contribution in [2.45, 2.75) is 38.6 Å². The fourth-order valence-electron chi connectivity index (χ4n) is 5.22. The molecule has 198 valence electrons. The highest BCUT2D eigenvalue weighted by Crippen LogP contribution is 2.47. The Morgan fingerprint density at radius 2 is 1.63 bits per heavy atom. The molecule has 5 rings (SSSR count). The summed E-state index contributed by atoms with van der Waals surface area (Å²) in [5, 5.41) is 17.6. The van der Waals surface area contributed by atoms with Crippen LogP contribution in [0.25, 0.3) is 0 Å². The van der Waals surface area contributed by atoms with Gasteiger partial charge in [0.05, 0.1) is 42.2 Å². The fraction of sp³-hybridized carbons (Fsp3) is 0.300. The summed E-state index contributed by atoms with van der Waals surface area (Å²) in [5.74, 6) is 1.80. The van der Waals surface area contributed by atoms with E-state index in [1.165, 1.54) is 0 Å². The van der Waals surface area contributed by atoms with Gasteiger partial charge in [0.1, 0.15) is 0 Å². The summed E-state index contributed by atoms with van der Waals surface area (Å²) >= 11 is 3.46. The maximum atomic E-state index is 13.9. The number of methoxy groups -OCH3 is 1. The molecule has 0 radical (unpaired) electrons. The quantitative estimate of drug-likeness (QED) is 0.280. The normalized spacial score (nSPS) is 18.5. The molecule has 0 saturated carbocycles. The molecule has 3 N–H and O–H groups in total. The van der Waals surface area contributed by atoms with E-state index in [1.54, 1.807) is 13.2 Å². The van der Waals surface area contributed by atoms with Gasteiger partial charge in [0.15, 0.2) is 28.8 Å². The number of anilines is 2. The molecule has 1 heterocycles. The van der Waals surface area contributed by atoms with E-state index >= 15 is 0 Å². The van der Waals surface area contributed by atoms with Gasteiger partial charge in [0.25, 0.3) is 0 Å². The summed E-state index contributed by atoms with van der Waals surface area (Å²) in [6, 6.07) is 17.0.